The van der Waals surface area contributed by atoms with Crippen molar-refractivity contribution in [3.05, 3.63) is 60.7 Å². The van der Waals surface area contributed by atoms with E-state index in [1.165, 1.54) is 0 Å². The highest BCUT2D eigenvalue weighted by molar-refractivity contribution is 6.00. The van der Waals surface area contributed by atoms with Crippen LogP contribution in [0.1, 0.15) is 0 Å². The molecule has 0 spiro atoms. The second-order valence-corrected chi connectivity index (χ2v) is 4.23. The Hall–Kier alpha value is -2.48. The third-order valence-corrected chi connectivity index (χ3v) is 3.05. The van der Waals surface area contributed by atoms with Gasteiger partial charge in [-0.3, -0.25) is 0 Å². The molecule has 0 saturated heterocycles. The molecule has 0 aliphatic heterocycles. The summed E-state index contributed by atoms with van der Waals surface area (Å²) in [5.41, 5.74) is 1.69. The molecule has 2 N–H and O–H groups in total. The van der Waals surface area contributed by atoms with E-state index >= 15 is 0 Å². The number of rotatable bonds is 1. The molecule has 0 amide bonds. The van der Waals surface area contributed by atoms with Crippen molar-refractivity contribution >= 4 is 10.8 Å². The lowest BCUT2D eigenvalue weighted by Crippen LogP contribution is -1.82. The van der Waals surface area contributed by atoms with Crippen LogP contribution in [0.2, 0.25) is 0 Å². The van der Waals surface area contributed by atoms with Crippen molar-refractivity contribution in [1.82, 2.24) is 0 Å². The quantitative estimate of drug-likeness (QED) is 0.672. The highest BCUT2D eigenvalue weighted by atomic mass is 16.3. The van der Waals surface area contributed by atoms with E-state index in [0.717, 1.165) is 21.9 Å². The van der Waals surface area contributed by atoms with Gasteiger partial charge in [-0.2, -0.15) is 0 Å². The van der Waals surface area contributed by atoms with Crippen LogP contribution in [0.5, 0.6) is 11.5 Å². The zero-order chi connectivity index (χ0) is 12.5. The summed E-state index contributed by atoms with van der Waals surface area (Å²) in [4.78, 5) is 0. The van der Waals surface area contributed by atoms with Gasteiger partial charge in [0, 0.05) is 5.56 Å². The molecule has 3 rings (SSSR count). The van der Waals surface area contributed by atoms with E-state index < -0.39 is 0 Å². The van der Waals surface area contributed by atoms with Crippen molar-refractivity contribution in [1.29, 1.82) is 0 Å². The van der Waals surface area contributed by atoms with E-state index in [4.69, 9.17) is 0 Å². The third-order valence-electron chi connectivity index (χ3n) is 3.05. The second kappa shape index (κ2) is 4.08. The molecular weight excluding hydrogens is 224 g/mol. The molecular formula is C16H12O2. The summed E-state index contributed by atoms with van der Waals surface area (Å²) in [6, 6.07) is 18.4. The molecule has 3 aromatic carbocycles. The van der Waals surface area contributed by atoms with Gasteiger partial charge in [0.15, 0.2) is 0 Å². The van der Waals surface area contributed by atoms with Crippen molar-refractivity contribution < 1.29 is 10.2 Å². The maximum Gasteiger partial charge on any atom is 0.124 e. The second-order valence-electron chi connectivity index (χ2n) is 4.23. The monoisotopic (exact) mass is 236 g/mol. The smallest absolute Gasteiger partial charge is 0.124 e. The Balaban J connectivity index is 2.40. The normalized spacial score (nSPS) is 10.7. The van der Waals surface area contributed by atoms with E-state index in [-0.39, 0.29) is 11.5 Å². The molecule has 0 fully saturated rings. The van der Waals surface area contributed by atoms with Gasteiger partial charge >= 0.3 is 0 Å². The lowest BCUT2D eigenvalue weighted by molar-refractivity contribution is 0.475. The lowest BCUT2D eigenvalue weighted by Gasteiger charge is -2.09. The Morgan fingerprint density at radius 3 is 2.22 bits per heavy atom. The van der Waals surface area contributed by atoms with Crippen molar-refractivity contribution in [2.45, 2.75) is 0 Å². The van der Waals surface area contributed by atoms with Crippen molar-refractivity contribution in [3.63, 3.8) is 0 Å². The molecule has 0 unspecified atom stereocenters. The van der Waals surface area contributed by atoms with Gasteiger partial charge in [-0.25, -0.2) is 0 Å². The Kier molecular flexibility index (Phi) is 2.41. The molecule has 18 heavy (non-hydrogen) atoms. The highest BCUT2D eigenvalue weighted by Gasteiger charge is 2.09. The Morgan fingerprint density at radius 1 is 0.722 bits per heavy atom. The van der Waals surface area contributed by atoms with E-state index in [0.29, 0.717) is 0 Å². The first-order valence-electron chi connectivity index (χ1n) is 5.76. The van der Waals surface area contributed by atoms with Crippen molar-refractivity contribution in [3.8, 4) is 22.6 Å². The average molecular weight is 236 g/mol. The first kappa shape index (κ1) is 10.7. The predicted molar refractivity (Wildman–Crippen MR) is 72.7 cm³/mol. The summed E-state index contributed by atoms with van der Waals surface area (Å²) in [6.45, 7) is 0. The Bertz CT molecular complexity index is 698. The maximum atomic E-state index is 10.1. The number of hydrogen-bond donors (Lipinski definition) is 2. The minimum Gasteiger partial charge on any atom is -0.508 e. The number of phenolic OH excluding ortho intramolecular Hbond substituents is 2. The van der Waals surface area contributed by atoms with Gasteiger partial charge in [0.1, 0.15) is 11.5 Å². The molecule has 88 valence electrons. The lowest BCUT2D eigenvalue weighted by atomic mass is 9.97. The van der Waals surface area contributed by atoms with E-state index in [1.54, 1.807) is 18.2 Å². The molecule has 3 aromatic rings. The molecule has 0 aliphatic rings. The summed E-state index contributed by atoms with van der Waals surface area (Å²) in [7, 11) is 0. The van der Waals surface area contributed by atoms with Crippen LogP contribution < -0.4 is 0 Å². The Labute approximate surface area is 105 Å². The zero-order valence-electron chi connectivity index (χ0n) is 9.67. The summed E-state index contributed by atoms with van der Waals surface area (Å²) < 4.78 is 0. The maximum absolute atomic E-state index is 10.1. The SMILES string of the molecule is Oc1ccc2ccc(O)c(-c3ccccc3)c2c1. The van der Waals surface area contributed by atoms with Crippen LogP contribution in [0.25, 0.3) is 21.9 Å². The summed E-state index contributed by atoms with van der Waals surface area (Å²) in [6.07, 6.45) is 0. The molecule has 0 heterocycles. The van der Waals surface area contributed by atoms with Crippen LogP contribution in [0.4, 0.5) is 0 Å². The average Bonchev–Trinajstić information content (AvgIpc) is 2.39. The molecule has 0 atom stereocenters. The van der Waals surface area contributed by atoms with Crippen LogP contribution in [-0.2, 0) is 0 Å². The number of phenols is 2. The summed E-state index contributed by atoms with van der Waals surface area (Å²) in [5.74, 6) is 0.421. The molecule has 0 bridgehead atoms. The third kappa shape index (κ3) is 1.68. The number of benzene rings is 3. The molecule has 2 nitrogen and oxygen atoms in total. The van der Waals surface area contributed by atoms with Gasteiger partial charge in [-0.1, -0.05) is 42.5 Å². The number of hydrogen-bond acceptors (Lipinski definition) is 2. The standard InChI is InChI=1S/C16H12O2/c17-13-8-6-11-7-9-15(18)16(14(11)10-13)12-4-2-1-3-5-12/h1-10,17-18H. The van der Waals surface area contributed by atoms with Gasteiger partial charge < -0.3 is 10.2 Å². The Morgan fingerprint density at radius 2 is 1.44 bits per heavy atom. The fraction of sp³-hybridized carbons (Fsp3) is 0. The topological polar surface area (TPSA) is 40.5 Å². The largest absolute Gasteiger partial charge is 0.508 e. The van der Waals surface area contributed by atoms with E-state index in [1.807, 2.05) is 42.5 Å². The first-order valence-corrected chi connectivity index (χ1v) is 5.76. The van der Waals surface area contributed by atoms with Crippen LogP contribution in [0.15, 0.2) is 60.7 Å². The van der Waals surface area contributed by atoms with Crippen LogP contribution in [0.3, 0.4) is 0 Å². The van der Waals surface area contributed by atoms with Gasteiger partial charge in [-0.15, -0.1) is 0 Å². The molecule has 0 aromatic heterocycles. The van der Waals surface area contributed by atoms with Gasteiger partial charge in [0.2, 0.25) is 0 Å². The predicted octanol–water partition coefficient (Wildman–Crippen LogP) is 3.92. The van der Waals surface area contributed by atoms with Crippen LogP contribution >= 0.6 is 0 Å². The van der Waals surface area contributed by atoms with E-state index in [2.05, 4.69) is 0 Å². The minimum absolute atomic E-state index is 0.199. The van der Waals surface area contributed by atoms with Crippen LogP contribution in [-0.4, -0.2) is 10.2 Å². The van der Waals surface area contributed by atoms with E-state index in [9.17, 15) is 10.2 Å². The number of aromatic hydroxyl groups is 2. The summed E-state index contributed by atoms with van der Waals surface area (Å²) in [5, 5.41) is 21.5. The van der Waals surface area contributed by atoms with Gasteiger partial charge in [-0.05, 0) is 34.5 Å². The zero-order valence-corrected chi connectivity index (χ0v) is 9.67. The molecule has 2 heteroatoms. The van der Waals surface area contributed by atoms with Crippen molar-refractivity contribution in [2.75, 3.05) is 0 Å². The van der Waals surface area contributed by atoms with Gasteiger partial charge in [0.25, 0.3) is 0 Å². The first-order chi connectivity index (χ1) is 8.75. The molecule has 0 radical (unpaired) electrons. The highest BCUT2D eigenvalue weighted by Crippen LogP contribution is 2.37. The fourth-order valence-corrected chi connectivity index (χ4v) is 2.20. The van der Waals surface area contributed by atoms with Crippen LogP contribution in [0, 0.1) is 0 Å². The number of fused-ring (bicyclic) bond motifs is 1. The molecule has 0 saturated carbocycles. The molecule has 0 aliphatic carbocycles. The van der Waals surface area contributed by atoms with Crippen molar-refractivity contribution in [2.24, 2.45) is 0 Å². The fourth-order valence-electron chi connectivity index (χ4n) is 2.20. The summed E-state index contributed by atoms with van der Waals surface area (Å²) >= 11 is 0. The minimum atomic E-state index is 0.199. The van der Waals surface area contributed by atoms with Gasteiger partial charge in [0.05, 0.1) is 0 Å².